The summed E-state index contributed by atoms with van der Waals surface area (Å²) in [6.45, 7) is 5.92. The van der Waals surface area contributed by atoms with Crippen LogP contribution in [-0.4, -0.2) is 16.4 Å². The van der Waals surface area contributed by atoms with Gasteiger partial charge in [-0.3, -0.25) is 20.4 Å². The number of nitrogens with zero attached hydrogens (tertiary/aromatic N) is 1. The van der Waals surface area contributed by atoms with Gasteiger partial charge in [0.05, 0.1) is 0 Å². The van der Waals surface area contributed by atoms with E-state index in [1.165, 1.54) is 0 Å². The molecule has 132 valence electrons. The van der Waals surface area contributed by atoms with Crippen LogP contribution in [0, 0.1) is 20.8 Å². The molecular formula is C21H21N3O2. The van der Waals surface area contributed by atoms with Crippen molar-refractivity contribution < 1.29 is 9.59 Å². The minimum Gasteiger partial charge on any atom is -0.319 e. The fourth-order valence-corrected chi connectivity index (χ4v) is 2.92. The van der Waals surface area contributed by atoms with Gasteiger partial charge in [-0.15, -0.1) is 0 Å². The average molecular weight is 347 g/mol. The third kappa shape index (κ3) is 3.52. The lowest BCUT2D eigenvalue weighted by molar-refractivity contribution is 0.0846. The first-order chi connectivity index (χ1) is 12.5. The molecule has 0 aliphatic carbocycles. The fourth-order valence-electron chi connectivity index (χ4n) is 2.92. The maximum atomic E-state index is 12.3. The number of amides is 2. The topological polar surface area (TPSA) is 63.1 Å². The number of aryl methyl sites for hydroxylation is 3. The Morgan fingerprint density at radius 1 is 0.731 bits per heavy atom. The zero-order valence-corrected chi connectivity index (χ0v) is 15.0. The second-order valence-corrected chi connectivity index (χ2v) is 6.22. The Hall–Kier alpha value is -3.34. The van der Waals surface area contributed by atoms with Crippen molar-refractivity contribution in [2.45, 2.75) is 20.8 Å². The summed E-state index contributed by atoms with van der Waals surface area (Å²) in [5.74, 6) is -0.703. The molecule has 2 N–H and O–H groups in total. The summed E-state index contributed by atoms with van der Waals surface area (Å²) in [6.07, 6.45) is 0. The molecule has 26 heavy (non-hydrogen) atoms. The second kappa shape index (κ2) is 7.27. The Morgan fingerprint density at radius 2 is 1.31 bits per heavy atom. The van der Waals surface area contributed by atoms with E-state index in [4.69, 9.17) is 0 Å². The number of nitrogens with one attached hydrogen (secondary N) is 2. The Bertz CT molecular complexity index is 936. The fraction of sp³-hybridized carbons (Fsp3) is 0.143. The smallest absolute Gasteiger partial charge is 0.269 e. The highest BCUT2D eigenvalue weighted by Gasteiger charge is 2.11. The van der Waals surface area contributed by atoms with Crippen LogP contribution in [0.25, 0.3) is 5.69 Å². The van der Waals surface area contributed by atoms with E-state index < -0.39 is 0 Å². The number of benzene rings is 2. The minimum atomic E-state index is -0.362. The normalized spacial score (nSPS) is 10.4. The second-order valence-electron chi connectivity index (χ2n) is 6.22. The molecule has 5 heteroatoms. The third-order valence-electron chi connectivity index (χ3n) is 4.34. The maximum Gasteiger partial charge on any atom is 0.269 e. The number of hydrogen-bond acceptors (Lipinski definition) is 2. The van der Waals surface area contributed by atoms with Crippen LogP contribution in [0.3, 0.4) is 0 Å². The van der Waals surface area contributed by atoms with E-state index in [-0.39, 0.29) is 11.8 Å². The molecular weight excluding hydrogens is 326 g/mol. The van der Waals surface area contributed by atoms with Crippen LogP contribution in [0.4, 0.5) is 0 Å². The molecule has 0 unspecified atom stereocenters. The molecule has 0 radical (unpaired) electrons. The van der Waals surface area contributed by atoms with Crippen molar-refractivity contribution in [3.63, 3.8) is 0 Å². The number of rotatable bonds is 3. The van der Waals surface area contributed by atoms with E-state index in [1.54, 1.807) is 24.3 Å². The zero-order chi connectivity index (χ0) is 18.7. The van der Waals surface area contributed by atoms with Crippen LogP contribution in [-0.2, 0) is 0 Å². The van der Waals surface area contributed by atoms with Gasteiger partial charge in [-0.1, -0.05) is 18.2 Å². The first-order valence-corrected chi connectivity index (χ1v) is 8.39. The van der Waals surface area contributed by atoms with Crippen LogP contribution in [0.5, 0.6) is 0 Å². The van der Waals surface area contributed by atoms with Crippen LogP contribution in [0.15, 0.2) is 60.7 Å². The highest BCUT2D eigenvalue weighted by molar-refractivity contribution is 5.99. The predicted octanol–water partition coefficient (Wildman–Crippen LogP) is 3.48. The molecule has 0 aliphatic rings. The molecule has 0 aliphatic heterocycles. The molecule has 2 amide bonds. The van der Waals surface area contributed by atoms with Crippen LogP contribution in [0.2, 0.25) is 0 Å². The van der Waals surface area contributed by atoms with E-state index in [9.17, 15) is 9.59 Å². The Labute approximate surface area is 152 Å². The number of hydrogen-bond donors (Lipinski definition) is 2. The summed E-state index contributed by atoms with van der Waals surface area (Å²) in [7, 11) is 0. The van der Waals surface area contributed by atoms with Gasteiger partial charge in [0.25, 0.3) is 11.8 Å². The lowest BCUT2D eigenvalue weighted by atomic mass is 10.1. The van der Waals surface area contributed by atoms with Crippen molar-refractivity contribution in [1.29, 1.82) is 0 Å². The largest absolute Gasteiger partial charge is 0.319 e. The highest BCUT2D eigenvalue weighted by Crippen LogP contribution is 2.16. The van der Waals surface area contributed by atoms with Gasteiger partial charge in [-0.25, -0.2) is 0 Å². The van der Waals surface area contributed by atoms with E-state index in [0.29, 0.717) is 11.1 Å². The Kier molecular flexibility index (Phi) is 4.89. The molecule has 0 saturated heterocycles. The molecule has 0 bridgehead atoms. The number of carbonyl (C=O) groups is 2. The molecule has 0 spiro atoms. The summed E-state index contributed by atoms with van der Waals surface area (Å²) in [5.41, 5.74) is 10.0. The molecule has 1 aromatic heterocycles. The zero-order valence-electron chi connectivity index (χ0n) is 15.0. The van der Waals surface area contributed by atoms with Crippen molar-refractivity contribution in [2.75, 3.05) is 0 Å². The van der Waals surface area contributed by atoms with Crippen LogP contribution >= 0.6 is 0 Å². The number of aromatic nitrogens is 1. The van der Waals surface area contributed by atoms with Gasteiger partial charge in [0, 0.05) is 28.2 Å². The summed E-state index contributed by atoms with van der Waals surface area (Å²) in [6, 6.07) is 18.6. The SMILES string of the molecule is Cc1ccccc1C(=O)NNC(=O)c1ccc(-n2c(C)ccc2C)cc1. The summed E-state index contributed by atoms with van der Waals surface area (Å²) in [4.78, 5) is 24.4. The molecule has 1 heterocycles. The lowest BCUT2D eigenvalue weighted by Gasteiger charge is -2.11. The van der Waals surface area contributed by atoms with E-state index in [1.807, 2.05) is 45.0 Å². The summed E-state index contributed by atoms with van der Waals surface area (Å²) in [5, 5.41) is 0. The van der Waals surface area contributed by atoms with Crippen molar-refractivity contribution in [3.8, 4) is 5.69 Å². The van der Waals surface area contributed by atoms with E-state index in [2.05, 4.69) is 27.6 Å². The number of carbonyl (C=O) groups excluding carboxylic acids is 2. The monoisotopic (exact) mass is 347 g/mol. The molecule has 3 aromatic rings. The molecule has 5 nitrogen and oxygen atoms in total. The van der Waals surface area contributed by atoms with Gasteiger partial charge in [0.15, 0.2) is 0 Å². The van der Waals surface area contributed by atoms with E-state index in [0.717, 1.165) is 22.6 Å². The van der Waals surface area contributed by atoms with Crippen LogP contribution < -0.4 is 10.9 Å². The summed E-state index contributed by atoms with van der Waals surface area (Å²) >= 11 is 0. The van der Waals surface area contributed by atoms with Gasteiger partial charge >= 0.3 is 0 Å². The maximum absolute atomic E-state index is 12.3. The first kappa shape index (κ1) is 17.5. The minimum absolute atomic E-state index is 0.341. The van der Waals surface area contributed by atoms with Gasteiger partial charge < -0.3 is 4.57 Å². The van der Waals surface area contributed by atoms with Gasteiger partial charge in [-0.2, -0.15) is 0 Å². The van der Waals surface area contributed by atoms with Crippen molar-refractivity contribution in [1.82, 2.24) is 15.4 Å². The van der Waals surface area contributed by atoms with Crippen molar-refractivity contribution in [2.24, 2.45) is 0 Å². The third-order valence-corrected chi connectivity index (χ3v) is 4.34. The standard InChI is InChI=1S/C21H21N3O2/c1-14-6-4-5-7-19(14)21(26)23-22-20(25)17-10-12-18(13-11-17)24-15(2)8-9-16(24)3/h4-13H,1-3H3,(H,22,25)(H,23,26). The highest BCUT2D eigenvalue weighted by atomic mass is 16.2. The molecule has 0 saturated carbocycles. The van der Waals surface area contributed by atoms with E-state index >= 15 is 0 Å². The molecule has 2 aromatic carbocycles. The van der Waals surface area contributed by atoms with Gasteiger partial charge in [-0.05, 0) is 68.8 Å². The predicted molar refractivity (Wildman–Crippen MR) is 101 cm³/mol. The van der Waals surface area contributed by atoms with Gasteiger partial charge in [0.2, 0.25) is 0 Å². The van der Waals surface area contributed by atoms with Crippen molar-refractivity contribution in [3.05, 3.63) is 88.7 Å². The van der Waals surface area contributed by atoms with Gasteiger partial charge in [0.1, 0.15) is 0 Å². The molecule has 0 fully saturated rings. The molecule has 0 atom stereocenters. The van der Waals surface area contributed by atoms with Crippen LogP contribution in [0.1, 0.15) is 37.7 Å². The lowest BCUT2D eigenvalue weighted by Crippen LogP contribution is -2.41. The summed E-state index contributed by atoms with van der Waals surface area (Å²) < 4.78 is 2.11. The van der Waals surface area contributed by atoms with Crippen molar-refractivity contribution >= 4 is 11.8 Å². The Morgan fingerprint density at radius 3 is 1.92 bits per heavy atom. The average Bonchev–Trinajstić information content (AvgIpc) is 2.98. The molecule has 3 rings (SSSR count). The Balaban J connectivity index is 1.67. The quantitative estimate of drug-likeness (QED) is 0.713. The first-order valence-electron chi connectivity index (χ1n) is 8.39. The number of hydrazine groups is 1.